The summed E-state index contributed by atoms with van der Waals surface area (Å²) in [5, 5.41) is 0. The van der Waals surface area contributed by atoms with Gasteiger partial charge >= 0.3 is 7.69 Å². The topological polar surface area (TPSA) is 55.4 Å². The Labute approximate surface area is 148 Å². The van der Waals surface area contributed by atoms with Crippen LogP contribution in [0.25, 0.3) is 0 Å². The van der Waals surface area contributed by atoms with E-state index in [2.05, 4.69) is 0 Å². The van der Waals surface area contributed by atoms with Gasteiger partial charge in [-0.25, -0.2) is 0 Å². The van der Waals surface area contributed by atoms with Gasteiger partial charge in [-0.1, -0.05) is 0 Å². The van der Waals surface area contributed by atoms with Gasteiger partial charge in [-0.3, -0.25) is 0 Å². The highest BCUT2D eigenvalue weighted by molar-refractivity contribution is 6.21. The molecule has 0 saturated heterocycles. The van der Waals surface area contributed by atoms with Crippen LogP contribution in [0.1, 0.15) is 11.1 Å². The maximum atomic E-state index is 5.61. The lowest BCUT2D eigenvalue weighted by Gasteiger charge is -2.16. The smallest absolute Gasteiger partial charge is 0.526 e. The van der Waals surface area contributed by atoms with E-state index in [1.54, 1.807) is 52.7 Å². The molecule has 1 radical (unpaired) electrons. The van der Waals surface area contributed by atoms with Crippen molar-refractivity contribution in [3.8, 4) is 34.5 Å². The summed E-state index contributed by atoms with van der Waals surface area (Å²) in [4.78, 5) is 0. The zero-order valence-corrected chi connectivity index (χ0v) is 15.3. The highest BCUT2D eigenvalue weighted by Crippen LogP contribution is 2.38. The molecule has 133 valence electrons. The fourth-order valence-corrected chi connectivity index (χ4v) is 2.51. The molecule has 25 heavy (non-hydrogen) atoms. The van der Waals surface area contributed by atoms with Gasteiger partial charge in [0.1, 0.15) is 11.5 Å². The summed E-state index contributed by atoms with van der Waals surface area (Å²) < 4.78 is 32.5. The summed E-state index contributed by atoms with van der Waals surface area (Å²) in [6.45, 7) is 3.76. The third-order valence-corrected chi connectivity index (χ3v) is 3.84. The largest absolute Gasteiger partial charge is 0.658 e. The van der Waals surface area contributed by atoms with Gasteiger partial charge in [-0.15, -0.1) is 0 Å². The normalized spacial score (nSPS) is 10.0. The second kappa shape index (κ2) is 8.42. The quantitative estimate of drug-likeness (QED) is 0.684. The number of ether oxygens (including phenoxy) is 4. The molecule has 7 heteroatoms. The van der Waals surface area contributed by atoms with Gasteiger partial charge in [-0.2, -0.15) is 0 Å². The van der Waals surface area contributed by atoms with Crippen LogP contribution in [0.4, 0.5) is 0 Å². The molecular weight excluding hydrogens is 323 g/mol. The second-order valence-electron chi connectivity index (χ2n) is 5.18. The lowest BCUT2D eigenvalue weighted by molar-refractivity contribution is 0.348. The summed E-state index contributed by atoms with van der Waals surface area (Å²) in [6, 6.07) is 7.13. The molecule has 0 aliphatic carbocycles. The maximum absolute atomic E-state index is 5.61. The van der Waals surface area contributed by atoms with Crippen molar-refractivity contribution in [2.75, 3.05) is 28.4 Å². The van der Waals surface area contributed by atoms with Crippen LogP contribution in [0.5, 0.6) is 34.5 Å². The van der Waals surface area contributed by atoms with E-state index in [1.165, 1.54) is 7.69 Å². The van der Waals surface area contributed by atoms with E-state index < -0.39 is 0 Å². The molecule has 6 nitrogen and oxygen atoms in total. The summed E-state index contributed by atoms with van der Waals surface area (Å²) >= 11 is 0. The molecule has 0 spiro atoms. The number of hydrogen-bond donors (Lipinski definition) is 0. The molecule has 2 aromatic carbocycles. The summed E-state index contributed by atoms with van der Waals surface area (Å²) in [5.74, 6) is 3.74. The highest BCUT2D eigenvalue weighted by Gasteiger charge is 2.16. The zero-order valence-electron chi connectivity index (χ0n) is 15.3. The van der Waals surface area contributed by atoms with E-state index in [0.29, 0.717) is 34.5 Å². The van der Waals surface area contributed by atoms with Crippen LogP contribution in [0, 0.1) is 13.8 Å². The Balaban J connectivity index is 2.11. The molecule has 0 saturated carbocycles. The standard InChI is InChI=1S/C18H22BO6/c1-11-13(7-9-15(20-3)17(11)22-5)24-19-25-14-8-10-16(21-4)18(23-6)12(14)2/h7-10H,1-6H3. The van der Waals surface area contributed by atoms with Crippen molar-refractivity contribution in [3.63, 3.8) is 0 Å². The first-order valence-electron chi connectivity index (χ1n) is 7.65. The minimum absolute atomic E-state index is 0.607. The molecule has 2 rings (SSSR count). The number of rotatable bonds is 8. The van der Waals surface area contributed by atoms with Gasteiger partial charge in [0, 0.05) is 11.1 Å². The Morgan fingerprint density at radius 1 is 0.560 bits per heavy atom. The van der Waals surface area contributed by atoms with Gasteiger partial charge in [0.2, 0.25) is 0 Å². The maximum Gasteiger partial charge on any atom is 0.658 e. The van der Waals surface area contributed by atoms with E-state index in [1.807, 2.05) is 13.8 Å². The average molecular weight is 345 g/mol. The third kappa shape index (κ3) is 3.87. The van der Waals surface area contributed by atoms with Gasteiger partial charge in [0.25, 0.3) is 0 Å². The van der Waals surface area contributed by atoms with E-state index in [4.69, 9.17) is 28.3 Å². The second-order valence-corrected chi connectivity index (χ2v) is 5.18. The Morgan fingerprint density at radius 3 is 1.24 bits per heavy atom. The van der Waals surface area contributed by atoms with Gasteiger partial charge in [0.15, 0.2) is 23.0 Å². The Hall–Kier alpha value is -2.70. The van der Waals surface area contributed by atoms with Crippen molar-refractivity contribution < 1.29 is 28.3 Å². The summed E-state index contributed by atoms with van der Waals surface area (Å²) in [7, 11) is 7.62. The summed E-state index contributed by atoms with van der Waals surface area (Å²) in [5.41, 5.74) is 1.62. The van der Waals surface area contributed by atoms with Gasteiger partial charge < -0.3 is 28.3 Å². The lowest BCUT2D eigenvalue weighted by Crippen LogP contribution is -2.13. The number of hydrogen-bond acceptors (Lipinski definition) is 6. The third-order valence-electron chi connectivity index (χ3n) is 3.84. The molecule has 0 fully saturated rings. The van der Waals surface area contributed by atoms with E-state index in [9.17, 15) is 0 Å². The van der Waals surface area contributed by atoms with Crippen LogP contribution in [0.15, 0.2) is 24.3 Å². The van der Waals surface area contributed by atoms with Crippen LogP contribution >= 0.6 is 0 Å². The number of methoxy groups -OCH3 is 4. The lowest BCUT2D eigenvalue weighted by atomic mass is 10.1. The molecule has 0 N–H and O–H groups in total. The molecule has 0 unspecified atom stereocenters. The molecule has 2 aromatic rings. The van der Waals surface area contributed by atoms with Crippen LogP contribution in [-0.4, -0.2) is 36.1 Å². The molecular formula is C18H22BO6. The predicted octanol–water partition coefficient (Wildman–Crippen LogP) is 3.33. The Morgan fingerprint density at radius 2 is 0.920 bits per heavy atom. The van der Waals surface area contributed by atoms with Crippen LogP contribution in [0.2, 0.25) is 0 Å². The fraction of sp³-hybridized carbons (Fsp3) is 0.333. The monoisotopic (exact) mass is 345 g/mol. The molecule has 0 aliphatic heterocycles. The molecule has 0 aromatic heterocycles. The van der Waals surface area contributed by atoms with Crippen molar-refractivity contribution in [1.82, 2.24) is 0 Å². The van der Waals surface area contributed by atoms with E-state index in [0.717, 1.165) is 11.1 Å². The Bertz CT molecular complexity index is 670. The molecule has 0 atom stereocenters. The van der Waals surface area contributed by atoms with Crippen molar-refractivity contribution in [1.29, 1.82) is 0 Å². The zero-order chi connectivity index (χ0) is 18.4. The minimum Gasteiger partial charge on any atom is -0.526 e. The first-order chi connectivity index (χ1) is 12.1. The van der Waals surface area contributed by atoms with E-state index in [-0.39, 0.29) is 0 Å². The Kier molecular flexibility index (Phi) is 6.28. The predicted molar refractivity (Wildman–Crippen MR) is 95.6 cm³/mol. The summed E-state index contributed by atoms with van der Waals surface area (Å²) in [6.07, 6.45) is 0. The van der Waals surface area contributed by atoms with Crippen LogP contribution in [0.3, 0.4) is 0 Å². The van der Waals surface area contributed by atoms with Crippen LogP contribution < -0.4 is 28.3 Å². The van der Waals surface area contributed by atoms with Crippen molar-refractivity contribution in [2.45, 2.75) is 13.8 Å². The first kappa shape index (κ1) is 18.6. The molecule has 0 aliphatic rings. The van der Waals surface area contributed by atoms with Crippen molar-refractivity contribution >= 4 is 7.69 Å². The van der Waals surface area contributed by atoms with Gasteiger partial charge in [-0.05, 0) is 38.1 Å². The fourth-order valence-electron chi connectivity index (χ4n) is 2.51. The van der Waals surface area contributed by atoms with Crippen molar-refractivity contribution in [2.24, 2.45) is 0 Å². The molecule has 0 amide bonds. The first-order valence-corrected chi connectivity index (χ1v) is 7.65. The highest BCUT2D eigenvalue weighted by atomic mass is 16.6. The minimum atomic E-state index is 0.607. The van der Waals surface area contributed by atoms with E-state index >= 15 is 0 Å². The molecule has 0 bridgehead atoms. The van der Waals surface area contributed by atoms with Gasteiger partial charge in [0.05, 0.1) is 28.4 Å². The van der Waals surface area contributed by atoms with Crippen molar-refractivity contribution in [3.05, 3.63) is 35.4 Å². The van der Waals surface area contributed by atoms with Crippen LogP contribution in [-0.2, 0) is 0 Å². The molecule has 0 heterocycles. The SMILES string of the molecule is COc1ccc(O[B]Oc2ccc(OC)c(OC)c2C)c(C)c1OC. The number of benzene rings is 2. The average Bonchev–Trinajstić information content (AvgIpc) is 2.63.